The Hall–Kier alpha value is -5.08. The maximum Gasteiger partial charge on any atom is 0.346 e. The Kier molecular flexibility index (Phi) is 5.57. The van der Waals surface area contributed by atoms with Crippen molar-refractivity contribution in [2.75, 3.05) is 26.2 Å². The van der Waals surface area contributed by atoms with E-state index in [1.165, 1.54) is 15.8 Å². The van der Waals surface area contributed by atoms with Gasteiger partial charge >= 0.3 is 6.03 Å². The molecule has 0 bridgehead atoms. The third-order valence-corrected chi connectivity index (χ3v) is 7.88. The lowest BCUT2D eigenvalue weighted by Gasteiger charge is -2.39. The zero-order chi connectivity index (χ0) is 27.4. The van der Waals surface area contributed by atoms with E-state index in [4.69, 9.17) is 0 Å². The fourth-order valence-electron chi connectivity index (χ4n) is 5.75. The summed E-state index contributed by atoms with van der Waals surface area (Å²) in [7, 11) is 3.90. The van der Waals surface area contributed by atoms with Crippen LogP contribution in [0.5, 0.6) is 0 Å². The van der Waals surface area contributed by atoms with Gasteiger partial charge in [0.15, 0.2) is 0 Å². The number of piperazine rings is 1. The fourth-order valence-corrected chi connectivity index (χ4v) is 5.75. The minimum absolute atomic E-state index is 0.00292. The molecule has 40 heavy (non-hydrogen) atoms. The average Bonchev–Trinajstić information content (AvgIpc) is 3.69. The van der Waals surface area contributed by atoms with Crippen LogP contribution in [-0.2, 0) is 14.1 Å². The van der Waals surface area contributed by atoms with Crippen molar-refractivity contribution in [1.82, 2.24) is 44.4 Å². The van der Waals surface area contributed by atoms with Gasteiger partial charge in [-0.25, -0.2) is 4.79 Å². The third kappa shape index (κ3) is 3.88. The van der Waals surface area contributed by atoms with Crippen LogP contribution >= 0.6 is 0 Å². The van der Waals surface area contributed by atoms with E-state index in [1.807, 2.05) is 35.9 Å². The summed E-state index contributed by atoms with van der Waals surface area (Å²) in [6.45, 7) is 2.45. The van der Waals surface area contributed by atoms with Crippen molar-refractivity contribution >= 4 is 38.9 Å². The third-order valence-electron chi connectivity index (χ3n) is 7.88. The van der Waals surface area contributed by atoms with Gasteiger partial charge in [0.1, 0.15) is 11.0 Å². The summed E-state index contributed by atoms with van der Waals surface area (Å²) < 4.78 is 5.07. The van der Waals surface area contributed by atoms with Crippen LogP contribution in [0.2, 0.25) is 0 Å². The molecule has 0 unspecified atom stereocenters. The van der Waals surface area contributed by atoms with E-state index in [-0.39, 0.29) is 12.1 Å². The number of hydrogen-bond acceptors (Lipinski definition) is 7. The molecule has 3 aromatic heterocycles. The standard InChI is InChI=1S/C29H26N10O/c1-35-25-7-4-20(14-22(25)17-31-35)28(21-5-8-26-23(15-21)18-32-36(26)2)37-9-11-38(12-10-37)29(40)39-27-13-19(16-30)3-6-24(27)33-34-39/h3-8,13-15,17-18,28H,9-12H2,1-2H3. The predicted molar refractivity (Wildman–Crippen MR) is 149 cm³/mol. The van der Waals surface area contributed by atoms with Crippen molar-refractivity contribution in [2.45, 2.75) is 6.04 Å². The van der Waals surface area contributed by atoms with Gasteiger partial charge in [0, 0.05) is 51.0 Å². The molecule has 0 N–H and O–H groups in total. The number of fused-ring (bicyclic) bond motifs is 3. The van der Waals surface area contributed by atoms with E-state index < -0.39 is 0 Å². The van der Waals surface area contributed by atoms with Crippen LogP contribution in [0.3, 0.4) is 0 Å². The van der Waals surface area contributed by atoms with Crippen molar-refractivity contribution in [2.24, 2.45) is 14.1 Å². The highest BCUT2D eigenvalue weighted by atomic mass is 16.2. The molecule has 0 radical (unpaired) electrons. The number of benzene rings is 3. The number of aromatic nitrogens is 7. The van der Waals surface area contributed by atoms with Gasteiger partial charge in [0.25, 0.3) is 0 Å². The second-order valence-corrected chi connectivity index (χ2v) is 10.2. The number of carbonyl (C=O) groups is 1. The van der Waals surface area contributed by atoms with Crippen molar-refractivity contribution < 1.29 is 4.79 Å². The Morgan fingerprint density at radius 3 is 2.05 bits per heavy atom. The summed E-state index contributed by atoms with van der Waals surface area (Å²) >= 11 is 0. The quantitative estimate of drug-likeness (QED) is 0.344. The Bertz CT molecular complexity index is 1870. The van der Waals surface area contributed by atoms with Crippen LogP contribution in [0.1, 0.15) is 22.7 Å². The summed E-state index contributed by atoms with van der Waals surface area (Å²) in [5.74, 6) is 0. The molecule has 1 aliphatic rings. The summed E-state index contributed by atoms with van der Waals surface area (Å²) in [4.78, 5) is 17.7. The van der Waals surface area contributed by atoms with Gasteiger partial charge < -0.3 is 4.90 Å². The molecule has 0 saturated carbocycles. The first-order valence-electron chi connectivity index (χ1n) is 13.1. The first kappa shape index (κ1) is 24.0. The topological polar surface area (TPSA) is 114 Å². The molecule has 7 rings (SSSR count). The maximum absolute atomic E-state index is 13.5. The fraction of sp³-hybridized carbons (Fsp3) is 0.241. The first-order chi connectivity index (χ1) is 19.5. The van der Waals surface area contributed by atoms with Crippen LogP contribution in [0.25, 0.3) is 32.8 Å². The zero-order valence-corrected chi connectivity index (χ0v) is 22.1. The summed E-state index contributed by atoms with van der Waals surface area (Å²) in [6.07, 6.45) is 3.80. The lowest BCUT2D eigenvalue weighted by atomic mass is 9.94. The second-order valence-electron chi connectivity index (χ2n) is 10.2. The SMILES string of the molecule is Cn1ncc2cc(C(c3ccc4c(cnn4C)c3)N3CCN(C(=O)n4nnc5ccc(C#N)cc54)CC3)ccc21. The van der Waals surface area contributed by atoms with Crippen molar-refractivity contribution in [3.63, 3.8) is 0 Å². The van der Waals surface area contributed by atoms with Gasteiger partial charge in [-0.15, -0.1) is 5.10 Å². The highest BCUT2D eigenvalue weighted by molar-refractivity contribution is 5.88. The zero-order valence-electron chi connectivity index (χ0n) is 22.1. The Morgan fingerprint density at radius 1 is 0.825 bits per heavy atom. The minimum Gasteiger partial charge on any atom is -0.320 e. The van der Waals surface area contributed by atoms with E-state index in [1.54, 1.807) is 23.1 Å². The number of amides is 1. The Labute approximate surface area is 229 Å². The molecule has 6 aromatic rings. The van der Waals surface area contributed by atoms with Crippen LogP contribution in [0.15, 0.2) is 67.0 Å². The van der Waals surface area contributed by atoms with Gasteiger partial charge in [0.05, 0.1) is 41.1 Å². The predicted octanol–water partition coefficient (Wildman–Crippen LogP) is 3.45. The molecular formula is C29H26N10O. The number of hydrogen-bond donors (Lipinski definition) is 0. The van der Waals surface area contributed by atoms with E-state index in [0.29, 0.717) is 42.8 Å². The van der Waals surface area contributed by atoms with Crippen LogP contribution < -0.4 is 0 Å². The molecule has 11 nitrogen and oxygen atoms in total. The van der Waals surface area contributed by atoms with Crippen molar-refractivity contribution in [3.8, 4) is 6.07 Å². The largest absolute Gasteiger partial charge is 0.346 e. The molecule has 11 heteroatoms. The molecule has 1 amide bonds. The number of rotatable bonds is 3. The Morgan fingerprint density at radius 2 is 1.45 bits per heavy atom. The van der Waals surface area contributed by atoms with Gasteiger partial charge in [-0.05, 0) is 53.6 Å². The van der Waals surface area contributed by atoms with E-state index in [0.717, 1.165) is 21.8 Å². The molecular weight excluding hydrogens is 504 g/mol. The molecule has 1 aliphatic heterocycles. The number of nitriles is 1. The lowest BCUT2D eigenvalue weighted by Crippen LogP contribution is -2.51. The highest BCUT2D eigenvalue weighted by Crippen LogP contribution is 2.33. The second kappa shape index (κ2) is 9.29. The highest BCUT2D eigenvalue weighted by Gasteiger charge is 2.30. The molecule has 0 spiro atoms. The lowest BCUT2D eigenvalue weighted by molar-refractivity contribution is 0.120. The number of aryl methyl sites for hydroxylation is 2. The number of carbonyl (C=O) groups excluding carboxylic acids is 1. The molecule has 1 fully saturated rings. The van der Waals surface area contributed by atoms with E-state index in [9.17, 15) is 10.1 Å². The Balaban J connectivity index is 1.20. The van der Waals surface area contributed by atoms with Crippen molar-refractivity contribution in [3.05, 3.63) is 83.7 Å². The van der Waals surface area contributed by atoms with Crippen LogP contribution in [0.4, 0.5) is 4.79 Å². The molecule has 1 saturated heterocycles. The molecule has 4 heterocycles. The maximum atomic E-state index is 13.5. The van der Waals surface area contributed by atoms with Crippen LogP contribution in [0, 0.1) is 11.3 Å². The van der Waals surface area contributed by atoms with Crippen LogP contribution in [-0.4, -0.2) is 76.6 Å². The van der Waals surface area contributed by atoms with Crippen molar-refractivity contribution in [1.29, 1.82) is 5.26 Å². The molecule has 3 aromatic carbocycles. The average molecular weight is 531 g/mol. The van der Waals surface area contributed by atoms with Gasteiger partial charge in [-0.3, -0.25) is 14.3 Å². The van der Waals surface area contributed by atoms with Gasteiger partial charge in [-0.2, -0.15) is 20.1 Å². The van der Waals surface area contributed by atoms with Gasteiger partial charge in [-0.1, -0.05) is 17.3 Å². The minimum atomic E-state index is -0.234. The normalized spacial score (nSPS) is 14.5. The van der Waals surface area contributed by atoms with E-state index in [2.05, 4.69) is 67.9 Å². The smallest absolute Gasteiger partial charge is 0.320 e. The van der Waals surface area contributed by atoms with Gasteiger partial charge in [0.2, 0.25) is 0 Å². The summed E-state index contributed by atoms with van der Waals surface area (Å²) in [5.41, 5.74) is 6.11. The molecule has 198 valence electrons. The van der Waals surface area contributed by atoms with E-state index >= 15 is 0 Å². The summed E-state index contributed by atoms with van der Waals surface area (Å²) in [5, 5.41) is 28.5. The first-order valence-corrected chi connectivity index (χ1v) is 13.1. The monoisotopic (exact) mass is 530 g/mol. The molecule has 0 aliphatic carbocycles. The summed E-state index contributed by atoms with van der Waals surface area (Å²) in [6, 6.07) is 20.0. The molecule has 0 atom stereocenters. The number of nitrogens with zero attached hydrogens (tertiary/aromatic N) is 10.